The minimum Gasteiger partial charge on any atom is -0.382 e. The van der Waals surface area contributed by atoms with Crippen molar-refractivity contribution in [1.82, 2.24) is 4.98 Å². The van der Waals surface area contributed by atoms with Crippen LogP contribution in [0.2, 0.25) is 0 Å². The molecule has 1 aromatic heterocycles. The van der Waals surface area contributed by atoms with Gasteiger partial charge in [0.25, 0.3) is 5.69 Å². The highest BCUT2D eigenvalue weighted by atomic mass is 16.6. The van der Waals surface area contributed by atoms with Gasteiger partial charge in [-0.3, -0.25) is 15.1 Å². The predicted octanol–water partition coefficient (Wildman–Crippen LogP) is 2.90. The molecule has 20 heavy (non-hydrogen) atoms. The molecule has 0 bridgehead atoms. The molecule has 106 valence electrons. The molecule has 0 aliphatic heterocycles. The van der Waals surface area contributed by atoms with Crippen LogP contribution in [0.3, 0.4) is 0 Å². The van der Waals surface area contributed by atoms with E-state index in [1.807, 2.05) is 19.9 Å². The third-order valence-electron chi connectivity index (χ3n) is 2.98. The number of benzene rings is 1. The summed E-state index contributed by atoms with van der Waals surface area (Å²) in [7, 11) is 0. The average Bonchev–Trinajstić information content (AvgIpc) is 2.43. The number of pyridine rings is 1. The molecule has 0 radical (unpaired) electrons. The number of fused-ring (bicyclic) bond motifs is 1. The standard InChI is InChI=1S/C14H17N3O3/c1-3-20-7-6-15-13-4-5-14(17(18)19)12-9-16-10(2)8-11(12)13/h4-5,8-9,15H,3,6-7H2,1-2H3. The van der Waals surface area contributed by atoms with Gasteiger partial charge in [0.15, 0.2) is 0 Å². The number of ether oxygens (including phenoxy) is 1. The predicted molar refractivity (Wildman–Crippen MR) is 78.1 cm³/mol. The van der Waals surface area contributed by atoms with Crippen molar-refractivity contribution in [3.05, 3.63) is 40.2 Å². The molecule has 0 saturated carbocycles. The molecule has 1 aromatic carbocycles. The number of non-ortho nitro benzene ring substituents is 1. The second-order valence-electron chi connectivity index (χ2n) is 4.38. The van der Waals surface area contributed by atoms with Crippen LogP contribution in [0.1, 0.15) is 12.6 Å². The summed E-state index contributed by atoms with van der Waals surface area (Å²) in [5.41, 5.74) is 1.75. The van der Waals surface area contributed by atoms with Gasteiger partial charge in [-0.2, -0.15) is 0 Å². The topological polar surface area (TPSA) is 77.3 Å². The number of aryl methyl sites for hydroxylation is 1. The molecule has 0 aliphatic rings. The molecule has 2 rings (SSSR count). The Hall–Kier alpha value is -2.21. The van der Waals surface area contributed by atoms with Gasteiger partial charge in [-0.15, -0.1) is 0 Å². The van der Waals surface area contributed by atoms with Gasteiger partial charge < -0.3 is 10.1 Å². The zero-order valence-corrected chi connectivity index (χ0v) is 11.5. The normalized spacial score (nSPS) is 10.7. The summed E-state index contributed by atoms with van der Waals surface area (Å²) < 4.78 is 5.27. The van der Waals surface area contributed by atoms with Crippen molar-refractivity contribution < 1.29 is 9.66 Å². The van der Waals surface area contributed by atoms with Crippen LogP contribution < -0.4 is 5.32 Å². The van der Waals surface area contributed by atoms with E-state index in [1.165, 1.54) is 6.07 Å². The summed E-state index contributed by atoms with van der Waals surface area (Å²) in [6.07, 6.45) is 1.55. The monoisotopic (exact) mass is 275 g/mol. The van der Waals surface area contributed by atoms with Crippen molar-refractivity contribution in [1.29, 1.82) is 0 Å². The lowest BCUT2D eigenvalue weighted by Crippen LogP contribution is -2.09. The van der Waals surface area contributed by atoms with E-state index in [9.17, 15) is 10.1 Å². The Balaban J connectivity index is 2.37. The zero-order valence-electron chi connectivity index (χ0n) is 11.5. The quantitative estimate of drug-likeness (QED) is 0.498. The van der Waals surface area contributed by atoms with Crippen LogP contribution in [0.5, 0.6) is 0 Å². The largest absolute Gasteiger partial charge is 0.382 e. The van der Waals surface area contributed by atoms with Crippen molar-refractivity contribution in [2.75, 3.05) is 25.1 Å². The Morgan fingerprint density at radius 1 is 1.40 bits per heavy atom. The van der Waals surface area contributed by atoms with Crippen molar-refractivity contribution in [3.63, 3.8) is 0 Å². The van der Waals surface area contributed by atoms with E-state index < -0.39 is 0 Å². The first-order chi connectivity index (χ1) is 9.63. The molecule has 0 unspecified atom stereocenters. The fourth-order valence-electron chi connectivity index (χ4n) is 2.04. The summed E-state index contributed by atoms with van der Waals surface area (Å²) in [5, 5.41) is 15.6. The van der Waals surface area contributed by atoms with Gasteiger partial charge in [0.05, 0.1) is 16.9 Å². The molecular formula is C14H17N3O3. The fourth-order valence-corrected chi connectivity index (χ4v) is 2.04. The fraction of sp³-hybridized carbons (Fsp3) is 0.357. The number of nitrogens with one attached hydrogen (secondary N) is 1. The number of hydrogen-bond acceptors (Lipinski definition) is 5. The lowest BCUT2D eigenvalue weighted by molar-refractivity contribution is -0.383. The summed E-state index contributed by atoms with van der Waals surface area (Å²) in [5.74, 6) is 0. The lowest BCUT2D eigenvalue weighted by Gasteiger charge is -2.10. The van der Waals surface area contributed by atoms with Gasteiger partial charge in [-0.25, -0.2) is 0 Å². The molecule has 6 heteroatoms. The molecule has 0 amide bonds. The Bertz CT molecular complexity index is 628. The maximum Gasteiger partial charge on any atom is 0.278 e. The number of aromatic nitrogens is 1. The third-order valence-corrected chi connectivity index (χ3v) is 2.98. The van der Waals surface area contributed by atoms with Crippen molar-refractivity contribution in [2.45, 2.75) is 13.8 Å². The van der Waals surface area contributed by atoms with Crippen LogP contribution in [0.15, 0.2) is 24.4 Å². The van der Waals surface area contributed by atoms with E-state index >= 15 is 0 Å². The number of nitro groups is 1. The highest BCUT2D eigenvalue weighted by Crippen LogP contribution is 2.31. The molecule has 0 fully saturated rings. The Labute approximate surface area is 116 Å². The molecule has 1 N–H and O–H groups in total. The van der Waals surface area contributed by atoms with Crippen LogP contribution in [-0.4, -0.2) is 29.7 Å². The van der Waals surface area contributed by atoms with Crippen LogP contribution in [0, 0.1) is 17.0 Å². The first-order valence-electron chi connectivity index (χ1n) is 6.49. The van der Waals surface area contributed by atoms with Crippen molar-refractivity contribution in [2.24, 2.45) is 0 Å². The first kappa shape index (κ1) is 14.2. The van der Waals surface area contributed by atoms with Crippen LogP contribution in [0.25, 0.3) is 10.8 Å². The van der Waals surface area contributed by atoms with Crippen LogP contribution >= 0.6 is 0 Å². The van der Waals surface area contributed by atoms with E-state index in [4.69, 9.17) is 4.74 Å². The molecule has 2 aromatic rings. The maximum atomic E-state index is 11.0. The van der Waals surface area contributed by atoms with E-state index in [0.717, 1.165) is 16.8 Å². The van der Waals surface area contributed by atoms with E-state index in [-0.39, 0.29) is 10.6 Å². The third kappa shape index (κ3) is 3.03. The molecule has 0 atom stereocenters. The zero-order chi connectivity index (χ0) is 14.5. The van der Waals surface area contributed by atoms with Crippen molar-refractivity contribution in [3.8, 4) is 0 Å². The van der Waals surface area contributed by atoms with Gasteiger partial charge >= 0.3 is 0 Å². The molecular weight excluding hydrogens is 258 g/mol. The minimum absolute atomic E-state index is 0.0721. The number of nitrogens with zero attached hydrogens (tertiary/aromatic N) is 2. The highest BCUT2D eigenvalue weighted by molar-refractivity contribution is 5.99. The number of rotatable bonds is 6. The first-order valence-corrected chi connectivity index (χ1v) is 6.49. The summed E-state index contributed by atoms with van der Waals surface area (Å²) in [6, 6.07) is 5.08. The molecule has 0 saturated heterocycles. The summed E-state index contributed by atoms with van der Waals surface area (Å²) >= 11 is 0. The lowest BCUT2D eigenvalue weighted by atomic mass is 10.1. The van der Waals surface area contributed by atoms with Crippen molar-refractivity contribution >= 4 is 22.1 Å². The van der Waals surface area contributed by atoms with E-state index in [2.05, 4.69) is 10.3 Å². The van der Waals surface area contributed by atoms with E-state index in [0.29, 0.717) is 25.1 Å². The summed E-state index contributed by atoms with van der Waals surface area (Å²) in [4.78, 5) is 14.8. The van der Waals surface area contributed by atoms with Gasteiger partial charge in [-0.1, -0.05) is 0 Å². The van der Waals surface area contributed by atoms with Gasteiger partial charge in [-0.05, 0) is 26.0 Å². The molecule has 0 spiro atoms. The second kappa shape index (κ2) is 6.29. The minimum atomic E-state index is -0.386. The smallest absolute Gasteiger partial charge is 0.278 e. The van der Waals surface area contributed by atoms with Crippen LogP contribution in [-0.2, 0) is 4.74 Å². The average molecular weight is 275 g/mol. The number of nitro benzene ring substituents is 1. The van der Waals surface area contributed by atoms with Crippen LogP contribution in [0.4, 0.5) is 11.4 Å². The Morgan fingerprint density at radius 2 is 2.20 bits per heavy atom. The highest BCUT2D eigenvalue weighted by Gasteiger charge is 2.14. The van der Waals surface area contributed by atoms with E-state index in [1.54, 1.807) is 12.3 Å². The molecule has 1 heterocycles. The second-order valence-corrected chi connectivity index (χ2v) is 4.38. The van der Waals surface area contributed by atoms with Gasteiger partial charge in [0.1, 0.15) is 0 Å². The maximum absolute atomic E-state index is 11.0. The summed E-state index contributed by atoms with van der Waals surface area (Å²) in [6.45, 7) is 5.73. The molecule has 0 aliphatic carbocycles. The Morgan fingerprint density at radius 3 is 2.90 bits per heavy atom. The number of anilines is 1. The number of hydrogen-bond donors (Lipinski definition) is 1. The van der Waals surface area contributed by atoms with Gasteiger partial charge in [0.2, 0.25) is 0 Å². The van der Waals surface area contributed by atoms with Gasteiger partial charge in [0, 0.05) is 42.2 Å². The SMILES string of the molecule is CCOCCNc1ccc([N+](=O)[O-])c2cnc(C)cc12. The Kier molecular flexibility index (Phi) is 4.47. The molecule has 6 nitrogen and oxygen atoms in total.